The number of nitrogens with zero attached hydrogens (tertiary/aromatic N) is 2. The van der Waals surface area contributed by atoms with Crippen LogP contribution in [0.25, 0.3) is 10.6 Å². The molecular formula is C21H25N3O3S. The molecule has 0 spiro atoms. The van der Waals surface area contributed by atoms with Crippen LogP contribution in [0.5, 0.6) is 0 Å². The van der Waals surface area contributed by atoms with E-state index in [4.69, 9.17) is 0 Å². The Balaban J connectivity index is 1.80. The Labute approximate surface area is 165 Å². The number of fused-ring (bicyclic) bond motifs is 2. The van der Waals surface area contributed by atoms with Crippen molar-refractivity contribution in [3.8, 4) is 0 Å². The molecule has 28 heavy (non-hydrogen) atoms. The summed E-state index contributed by atoms with van der Waals surface area (Å²) in [7, 11) is -1.77. The second-order valence-corrected chi connectivity index (χ2v) is 10.4. The summed E-state index contributed by atoms with van der Waals surface area (Å²) < 4.78 is 27.4. The molecule has 0 aromatic carbocycles. The van der Waals surface area contributed by atoms with Crippen molar-refractivity contribution < 1.29 is 8.42 Å². The van der Waals surface area contributed by atoms with Gasteiger partial charge in [-0.15, -0.1) is 0 Å². The molecule has 1 unspecified atom stereocenters. The van der Waals surface area contributed by atoms with Crippen LogP contribution in [0.2, 0.25) is 0 Å². The third-order valence-corrected chi connectivity index (χ3v) is 8.06. The molecule has 0 radical (unpaired) electrons. The van der Waals surface area contributed by atoms with E-state index in [1.54, 1.807) is 32.3 Å². The van der Waals surface area contributed by atoms with Crippen LogP contribution < -0.4 is 10.9 Å². The van der Waals surface area contributed by atoms with Crippen molar-refractivity contribution >= 4 is 20.4 Å². The SMILES string of the molecule is CCS(=O)(=O)C1=CC2=CN(CC3CC3)C3CCNC(=C23)c2c1ccn(C)c2=O. The van der Waals surface area contributed by atoms with E-state index >= 15 is 0 Å². The molecule has 0 amide bonds. The van der Waals surface area contributed by atoms with Crippen LogP contribution in [-0.4, -0.2) is 42.8 Å². The summed E-state index contributed by atoms with van der Waals surface area (Å²) in [6.45, 7) is 3.44. The predicted molar refractivity (Wildman–Crippen MR) is 110 cm³/mol. The van der Waals surface area contributed by atoms with Crippen molar-refractivity contribution in [2.75, 3.05) is 18.8 Å². The quantitative estimate of drug-likeness (QED) is 0.837. The summed E-state index contributed by atoms with van der Waals surface area (Å²) in [4.78, 5) is 15.7. The van der Waals surface area contributed by atoms with Gasteiger partial charge >= 0.3 is 0 Å². The zero-order valence-corrected chi connectivity index (χ0v) is 17.1. The van der Waals surface area contributed by atoms with E-state index in [-0.39, 0.29) is 22.3 Å². The fraction of sp³-hybridized carbons (Fsp3) is 0.476. The maximum Gasteiger partial charge on any atom is 0.260 e. The molecule has 4 aliphatic rings. The minimum absolute atomic E-state index is 0.00801. The van der Waals surface area contributed by atoms with Gasteiger partial charge in [-0.25, -0.2) is 8.42 Å². The van der Waals surface area contributed by atoms with Crippen LogP contribution >= 0.6 is 0 Å². The van der Waals surface area contributed by atoms with E-state index in [2.05, 4.69) is 16.4 Å². The van der Waals surface area contributed by atoms with Gasteiger partial charge in [-0.2, -0.15) is 0 Å². The summed E-state index contributed by atoms with van der Waals surface area (Å²) in [5.41, 5.74) is 3.67. The lowest BCUT2D eigenvalue weighted by atomic mass is 9.92. The number of nitrogens with one attached hydrogen (secondary N) is 1. The predicted octanol–water partition coefficient (Wildman–Crippen LogP) is 1.86. The molecule has 0 bridgehead atoms. The van der Waals surface area contributed by atoms with Gasteiger partial charge < -0.3 is 14.8 Å². The standard InChI is InChI=1S/C21H25N3O3S/c1-3-28(26,27)17-10-14-12-24(11-13-4-5-13)16-6-8-22-20(18(14)16)19-15(17)7-9-23(2)21(19)25/h7,9-10,12-13,16,22H,3-6,8,11H2,1-2H3. The van der Waals surface area contributed by atoms with Crippen LogP contribution in [0.4, 0.5) is 0 Å². The van der Waals surface area contributed by atoms with Crippen molar-refractivity contribution in [3.63, 3.8) is 0 Å². The zero-order chi connectivity index (χ0) is 19.6. The third kappa shape index (κ3) is 2.59. The van der Waals surface area contributed by atoms with Gasteiger partial charge in [-0.05, 0) is 42.9 Å². The van der Waals surface area contributed by atoms with E-state index in [1.807, 2.05) is 0 Å². The average molecular weight is 400 g/mol. The smallest absolute Gasteiger partial charge is 0.260 e. The molecule has 1 saturated carbocycles. The summed E-state index contributed by atoms with van der Waals surface area (Å²) >= 11 is 0. The fourth-order valence-corrected chi connectivity index (χ4v) is 5.69. The Morgan fingerprint density at radius 2 is 2.04 bits per heavy atom. The van der Waals surface area contributed by atoms with Gasteiger partial charge in [0.15, 0.2) is 9.84 Å². The number of rotatable bonds is 4. The van der Waals surface area contributed by atoms with E-state index in [0.717, 1.165) is 42.3 Å². The molecular weight excluding hydrogens is 374 g/mol. The second-order valence-electron chi connectivity index (χ2n) is 8.18. The fourth-order valence-electron chi connectivity index (χ4n) is 4.57. The third-order valence-electron chi connectivity index (χ3n) is 6.29. The Bertz CT molecular complexity index is 1120. The molecule has 5 rings (SSSR count). The first-order valence-corrected chi connectivity index (χ1v) is 11.7. The minimum Gasteiger partial charge on any atom is -0.384 e. The van der Waals surface area contributed by atoms with Gasteiger partial charge in [0, 0.05) is 43.7 Å². The van der Waals surface area contributed by atoms with Gasteiger partial charge in [0.1, 0.15) is 0 Å². The van der Waals surface area contributed by atoms with Crippen LogP contribution in [0.3, 0.4) is 0 Å². The molecule has 2 aliphatic heterocycles. The van der Waals surface area contributed by atoms with E-state index < -0.39 is 9.84 Å². The number of aromatic nitrogens is 1. The molecule has 1 aromatic heterocycles. The number of aryl methyl sites for hydroxylation is 1. The lowest BCUT2D eigenvalue weighted by Crippen LogP contribution is -2.39. The Morgan fingerprint density at radius 1 is 1.25 bits per heavy atom. The van der Waals surface area contributed by atoms with Crippen LogP contribution in [-0.2, 0) is 16.9 Å². The molecule has 6 nitrogen and oxygen atoms in total. The number of hydrogen-bond donors (Lipinski definition) is 1. The van der Waals surface area contributed by atoms with Gasteiger partial charge in [-0.1, -0.05) is 6.92 Å². The van der Waals surface area contributed by atoms with Gasteiger partial charge in [0.25, 0.3) is 5.56 Å². The maximum absolute atomic E-state index is 13.1. The Kier molecular flexibility index (Phi) is 3.88. The molecule has 2 aliphatic carbocycles. The summed E-state index contributed by atoms with van der Waals surface area (Å²) in [6, 6.07) is 1.97. The molecule has 148 valence electrons. The highest BCUT2D eigenvalue weighted by Gasteiger charge is 2.40. The number of pyridine rings is 1. The van der Waals surface area contributed by atoms with Crippen molar-refractivity contribution in [1.29, 1.82) is 0 Å². The van der Waals surface area contributed by atoms with Gasteiger partial charge in [0.2, 0.25) is 0 Å². The Morgan fingerprint density at radius 3 is 2.75 bits per heavy atom. The van der Waals surface area contributed by atoms with Crippen molar-refractivity contribution in [1.82, 2.24) is 14.8 Å². The topological polar surface area (TPSA) is 71.4 Å². The average Bonchev–Trinajstić information content (AvgIpc) is 3.44. The van der Waals surface area contributed by atoms with E-state index in [1.165, 1.54) is 17.4 Å². The molecule has 1 aromatic rings. The second kappa shape index (κ2) is 6.11. The van der Waals surface area contributed by atoms with Crippen LogP contribution in [0.15, 0.2) is 40.5 Å². The first-order chi connectivity index (χ1) is 13.4. The van der Waals surface area contributed by atoms with Gasteiger partial charge in [0.05, 0.1) is 28.0 Å². The molecule has 3 heterocycles. The number of hydrogen-bond acceptors (Lipinski definition) is 5. The largest absolute Gasteiger partial charge is 0.384 e. The molecule has 0 saturated heterocycles. The molecule has 1 fully saturated rings. The lowest BCUT2D eigenvalue weighted by molar-refractivity contribution is 0.297. The van der Waals surface area contributed by atoms with E-state index in [9.17, 15) is 13.2 Å². The first-order valence-electron chi connectivity index (χ1n) is 10.0. The van der Waals surface area contributed by atoms with Crippen LogP contribution in [0.1, 0.15) is 37.3 Å². The molecule has 1 atom stereocenters. The van der Waals surface area contributed by atoms with Crippen molar-refractivity contribution in [3.05, 3.63) is 57.2 Å². The first kappa shape index (κ1) is 17.8. The number of allylic oxidation sites excluding steroid dienone is 1. The number of sulfone groups is 1. The highest BCUT2D eigenvalue weighted by Crippen LogP contribution is 2.44. The summed E-state index contributed by atoms with van der Waals surface area (Å²) in [5.74, 6) is 0.745. The van der Waals surface area contributed by atoms with Gasteiger partial charge in [-0.3, -0.25) is 4.79 Å². The lowest BCUT2D eigenvalue weighted by Gasteiger charge is -2.32. The summed E-state index contributed by atoms with van der Waals surface area (Å²) in [5, 5.41) is 3.44. The highest BCUT2D eigenvalue weighted by atomic mass is 32.2. The molecule has 7 heteroatoms. The maximum atomic E-state index is 13.1. The summed E-state index contributed by atoms with van der Waals surface area (Å²) in [6.07, 6.45) is 9.06. The Hall–Kier alpha value is -2.28. The van der Waals surface area contributed by atoms with Crippen molar-refractivity contribution in [2.24, 2.45) is 13.0 Å². The van der Waals surface area contributed by atoms with E-state index in [0.29, 0.717) is 11.1 Å². The monoisotopic (exact) mass is 399 g/mol. The normalized spacial score (nSPS) is 23.5. The minimum atomic E-state index is -3.48. The van der Waals surface area contributed by atoms with Crippen LogP contribution in [0, 0.1) is 5.92 Å². The zero-order valence-electron chi connectivity index (χ0n) is 16.2. The van der Waals surface area contributed by atoms with Crippen molar-refractivity contribution in [2.45, 2.75) is 32.2 Å². The highest BCUT2D eigenvalue weighted by molar-refractivity contribution is 8.00. The molecule has 1 N–H and O–H groups in total.